The quantitative estimate of drug-likeness (QED) is 0.415. The number of amides is 1. The molecule has 0 bridgehead atoms. The van der Waals surface area contributed by atoms with Crippen LogP contribution >= 0.6 is 0 Å². The molecule has 0 radical (unpaired) electrons. The first-order valence-corrected chi connectivity index (χ1v) is 12.6. The lowest BCUT2D eigenvalue weighted by atomic mass is 9.83. The van der Waals surface area contributed by atoms with Gasteiger partial charge in [-0.3, -0.25) is 9.59 Å². The Balaban J connectivity index is 0.00000291. The lowest BCUT2D eigenvalue weighted by Crippen LogP contribution is -2.38. The highest BCUT2D eigenvalue weighted by molar-refractivity contribution is 5.80. The van der Waals surface area contributed by atoms with Crippen LogP contribution in [0.3, 0.4) is 0 Å². The summed E-state index contributed by atoms with van der Waals surface area (Å²) in [6, 6.07) is 0.251. The molecule has 2 aliphatic rings. The van der Waals surface area contributed by atoms with Crippen molar-refractivity contribution in [2.45, 2.75) is 104 Å². The maximum Gasteiger partial charge on any atom is 0.220 e. The lowest BCUT2D eigenvalue weighted by Gasteiger charge is -2.28. The van der Waals surface area contributed by atoms with Crippen molar-refractivity contribution in [1.82, 2.24) is 5.32 Å². The van der Waals surface area contributed by atoms with Crippen molar-refractivity contribution in [3.05, 3.63) is 0 Å². The van der Waals surface area contributed by atoms with Gasteiger partial charge in [0.05, 0.1) is 0 Å². The number of rotatable bonds is 12. The minimum atomic E-state index is 0. The Hall–Kier alpha value is -0.940. The van der Waals surface area contributed by atoms with E-state index in [4.69, 9.17) is 9.47 Å². The maximum absolute atomic E-state index is 12.1. The van der Waals surface area contributed by atoms with Crippen molar-refractivity contribution in [3.63, 3.8) is 0 Å². The van der Waals surface area contributed by atoms with E-state index in [9.17, 15) is 9.59 Å². The highest BCUT2D eigenvalue weighted by Crippen LogP contribution is 2.29. The summed E-state index contributed by atoms with van der Waals surface area (Å²) in [4.78, 5) is 23.9. The average molecular weight is 428 g/mol. The predicted molar refractivity (Wildman–Crippen MR) is 125 cm³/mol. The van der Waals surface area contributed by atoms with E-state index in [1.165, 1.54) is 25.7 Å². The third kappa shape index (κ3) is 10.9. The van der Waals surface area contributed by atoms with E-state index in [1.54, 1.807) is 0 Å². The third-order valence-corrected chi connectivity index (χ3v) is 6.47. The van der Waals surface area contributed by atoms with Gasteiger partial charge in [0.15, 0.2) is 0 Å². The molecule has 0 spiro atoms. The van der Waals surface area contributed by atoms with Crippen molar-refractivity contribution in [3.8, 4) is 0 Å². The Morgan fingerprint density at radius 3 is 1.97 bits per heavy atom. The van der Waals surface area contributed by atoms with Crippen LogP contribution in [0.25, 0.3) is 0 Å². The van der Waals surface area contributed by atoms with Crippen LogP contribution in [-0.4, -0.2) is 44.2 Å². The number of nitrogens with one attached hydrogen (secondary N) is 1. The zero-order valence-corrected chi connectivity index (χ0v) is 20.0. The van der Waals surface area contributed by atoms with Crippen molar-refractivity contribution in [1.29, 1.82) is 0 Å². The Labute approximate surface area is 186 Å². The largest absolute Gasteiger partial charge is 0.381 e. The van der Waals surface area contributed by atoms with Gasteiger partial charge in [0.25, 0.3) is 0 Å². The van der Waals surface area contributed by atoms with Crippen LogP contribution < -0.4 is 5.32 Å². The van der Waals surface area contributed by atoms with Gasteiger partial charge in [-0.25, -0.2) is 0 Å². The van der Waals surface area contributed by atoms with E-state index in [0.717, 1.165) is 57.8 Å². The van der Waals surface area contributed by atoms with Gasteiger partial charge in [-0.2, -0.15) is 0 Å². The summed E-state index contributed by atoms with van der Waals surface area (Å²) in [6.07, 6.45) is 10.7. The van der Waals surface area contributed by atoms with Gasteiger partial charge in [0.2, 0.25) is 5.91 Å². The topological polar surface area (TPSA) is 64.6 Å². The number of hydrogen-bond donors (Lipinski definition) is 1. The molecule has 30 heavy (non-hydrogen) atoms. The molecule has 0 unspecified atom stereocenters. The van der Waals surface area contributed by atoms with E-state index in [2.05, 4.69) is 12.2 Å². The number of ether oxygens (including phenoxy) is 2. The van der Waals surface area contributed by atoms with Crippen LogP contribution in [0.1, 0.15) is 99.8 Å². The van der Waals surface area contributed by atoms with Gasteiger partial charge in [-0.1, -0.05) is 20.8 Å². The van der Waals surface area contributed by atoms with E-state index in [1.807, 2.05) is 20.8 Å². The summed E-state index contributed by atoms with van der Waals surface area (Å²) in [7, 11) is 0. The van der Waals surface area contributed by atoms with Gasteiger partial charge < -0.3 is 14.8 Å². The first kappa shape index (κ1) is 27.1. The van der Waals surface area contributed by atoms with E-state index in [0.29, 0.717) is 31.1 Å². The molecule has 2 aliphatic carbocycles. The summed E-state index contributed by atoms with van der Waals surface area (Å²) < 4.78 is 11.4. The summed E-state index contributed by atoms with van der Waals surface area (Å²) in [5.74, 6) is 2.14. The molecule has 2 rings (SSSR count). The predicted octanol–water partition coefficient (Wildman–Crippen LogP) is 5.55. The lowest BCUT2D eigenvalue weighted by molar-refractivity contribution is -0.124. The average Bonchev–Trinajstić information content (AvgIpc) is 2.79. The molecule has 0 saturated heterocycles. The van der Waals surface area contributed by atoms with Crippen LogP contribution in [0.4, 0.5) is 0 Å². The normalized spacial score (nSPS) is 26.4. The summed E-state index contributed by atoms with van der Waals surface area (Å²) in [5.41, 5.74) is 0. The van der Waals surface area contributed by atoms with Crippen molar-refractivity contribution in [2.75, 3.05) is 26.4 Å². The smallest absolute Gasteiger partial charge is 0.220 e. The molecule has 1 amide bonds. The van der Waals surface area contributed by atoms with Crippen molar-refractivity contribution < 1.29 is 20.5 Å². The molecule has 5 heteroatoms. The number of carbonyl (C=O) groups is 2. The Kier molecular flexibility index (Phi) is 15.1. The molecule has 0 heterocycles. The van der Waals surface area contributed by atoms with E-state index >= 15 is 0 Å². The highest BCUT2D eigenvalue weighted by Gasteiger charge is 2.26. The second-order valence-electron chi connectivity index (χ2n) is 8.66. The standard InChI is InChI=1S/C23H41NO4.C2H6.H2/c1-3-22(25)20-11-13-21(14-12-20)24-23(26)6-5-15-28-17-19-9-7-18(8-10-19)16-27-4-2;1-2;/h18-21H,3-17H2,1-2H3,(H,24,26);1-2H3;1H. The molecule has 2 saturated carbocycles. The van der Waals surface area contributed by atoms with Gasteiger partial charge in [-0.15, -0.1) is 0 Å². The molecular formula is C25H49NO4. The number of Topliss-reactive ketones (excluding diaryl/α,β-unsaturated/α-hetero) is 1. The van der Waals surface area contributed by atoms with E-state index < -0.39 is 0 Å². The van der Waals surface area contributed by atoms with Crippen LogP contribution in [-0.2, 0) is 19.1 Å². The van der Waals surface area contributed by atoms with Gasteiger partial charge in [-0.05, 0) is 76.5 Å². The van der Waals surface area contributed by atoms with Crippen molar-refractivity contribution >= 4 is 11.7 Å². The second kappa shape index (κ2) is 16.7. The molecule has 5 nitrogen and oxygen atoms in total. The van der Waals surface area contributed by atoms with Gasteiger partial charge >= 0.3 is 0 Å². The fraction of sp³-hybridized carbons (Fsp3) is 0.920. The minimum absolute atomic E-state index is 0. The van der Waals surface area contributed by atoms with Crippen LogP contribution in [0.5, 0.6) is 0 Å². The molecule has 0 aromatic heterocycles. The molecule has 0 atom stereocenters. The molecule has 0 aliphatic heterocycles. The fourth-order valence-electron chi connectivity index (χ4n) is 4.58. The summed E-state index contributed by atoms with van der Waals surface area (Å²) in [6.45, 7) is 11.2. The minimum Gasteiger partial charge on any atom is -0.381 e. The van der Waals surface area contributed by atoms with Gasteiger partial charge in [0, 0.05) is 52.7 Å². The third-order valence-electron chi connectivity index (χ3n) is 6.47. The Morgan fingerprint density at radius 1 is 0.867 bits per heavy atom. The Bertz CT molecular complexity index is 458. The molecule has 1 N–H and O–H groups in total. The number of ketones is 1. The maximum atomic E-state index is 12.1. The first-order valence-electron chi connectivity index (χ1n) is 12.6. The second-order valence-corrected chi connectivity index (χ2v) is 8.66. The zero-order valence-electron chi connectivity index (χ0n) is 20.0. The molecule has 0 aromatic carbocycles. The molecule has 2 fully saturated rings. The van der Waals surface area contributed by atoms with Crippen LogP contribution in [0.2, 0.25) is 0 Å². The molecule has 178 valence electrons. The zero-order chi connectivity index (χ0) is 22.2. The highest BCUT2D eigenvalue weighted by atomic mass is 16.5. The molecule has 0 aromatic rings. The summed E-state index contributed by atoms with van der Waals surface area (Å²) in [5, 5.41) is 3.14. The number of hydrogen-bond acceptors (Lipinski definition) is 4. The fourth-order valence-corrected chi connectivity index (χ4v) is 4.58. The Morgan fingerprint density at radius 2 is 1.43 bits per heavy atom. The SMILES string of the molecule is CC.CCOCC1CCC(COCCCC(=O)NC2CCC(C(=O)CC)CC2)CC1.[HH]. The van der Waals surface area contributed by atoms with Crippen LogP contribution in [0.15, 0.2) is 0 Å². The number of carbonyl (C=O) groups excluding carboxylic acids is 2. The van der Waals surface area contributed by atoms with Crippen molar-refractivity contribution in [2.24, 2.45) is 17.8 Å². The van der Waals surface area contributed by atoms with Gasteiger partial charge in [0.1, 0.15) is 5.78 Å². The first-order chi connectivity index (χ1) is 14.6. The van der Waals surface area contributed by atoms with E-state index in [-0.39, 0.29) is 19.3 Å². The summed E-state index contributed by atoms with van der Waals surface area (Å²) >= 11 is 0. The molecular weight excluding hydrogens is 378 g/mol. The van der Waals surface area contributed by atoms with Crippen LogP contribution in [0, 0.1) is 17.8 Å². The monoisotopic (exact) mass is 427 g/mol.